The summed E-state index contributed by atoms with van der Waals surface area (Å²) in [7, 11) is 0. The highest BCUT2D eigenvalue weighted by atomic mass is 32.1. The Hall–Kier alpha value is -1.86. The van der Waals surface area contributed by atoms with Gasteiger partial charge in [0, 0.05) is 30.6 Å². The van der Waals surface area contributed by atoms with E-state index < -0.39 is 0 Å². The van der Waals surface area contributed by atoms with Gasteiger partial charge in [-0.15, -0.1) is 45.3 Å². The SMILES string of the molecule is O=C1C(=O)c2cc(-c3cccs3)sc2-c2sc(-c3cccs3)cc21. The van der Waals surface area contributed by atoms with E-state index in [1.165, 1.54) is 0 Å². The summed E-state index contributed by atoms with van der Waals surface area (Å²) in [5.74, 6) is -0.765. The second-order valence-electron chi connectivity index (χ2n) is 5.32. The molecule has 0 bridgehead atoms. The third-order valence-corrected chi connectivity index (χ3v) is 8.46. The molecule has 0 saturated carbocycles. The van der Waals surface area contributed by atoms with Crippen LogP contribution in [-0.2, 0) is 0 Å². The van der Waals surface area contributed by atoms with Crippen LogP contribution < -0.4 is 0 Å². The van der Waals surface area contributed by atoms with Crippen molar-refractivity contribution in [2.75, 3.05) is 0 Å². The van der Waals surface area contributed by atoms with E-state index in [2.05, 4.69) is 0 Å². The van der Waals surface area contributed by atoms with Crippen molar-refractivity contribution in [3.8, 4) is 29.3 Å². The number of carbonyl (C=O) groups excluding carboxylic acids is 2. The van der Waals surface area contributed by atoms with E-state index in [0.29, 0.717) is 11.1 Å². The maximum absolute atomic E-state index is 12.5. The van der Waals surface area contributed by atoms with E-state index in [1.54, 1.807) is 45.3 Å². The molecule has 4 aromatic heterocycles. The Labute approximate surface area is 153 Å². The summed E-state index contributed by atoms with van der Waals surface area (Å²) >= 11 is 6.50. The van der Waals surface area contributed by atoms with Gasteiger partial charge < -0.3 is 0 Å². The molecule has 0 spiro atoms. The minimum absolute atomic E-state index is 0.382. The number of carbonyl (C=O) groups is 2. The Morgan fingerprint density at radius 2 is 1.08 bits per heavy atom. The van der Waals surface area contributed by atoms with Gasteiger partial charge in [-0.3, -0.25) is 9.59 Å². The second kappa shape index (κ2) is 5.32. The van der Waals surface area contributed by atoms with Gasteiger partial charge in [0.05, 0.1) is 9.75 Å². The van der Waals surface area contributed by atoms with Gasteiger partial charge in [-0.05, 0) is 35.0 Å². The quantitative estimate of drug-likeness (QED) is 0.379. The average Bonchev–Trinajstić information content (AvgIpc) is 3.38. The minimum Gasteiger partial charge on any atom is -0.285 e. The molecule has 6 heteroatoms. The molecular weight excluding hydrogens is 376 g/mol. The number of thiophene rings is 4. The fourth-order valence-electron chi connectivity index (χ4n) is 2.78. The Balaban J connectivity index is 1.73. The normalized spacial score (nSPS) is 13.2. The van der Waals surface area contributed by atoms with Crippen LogP contribution in [0.1, 0.15) is 20.7 Å². The van der Waals surface area contributed by atoms with Crippen molar-refractivity contribution in [1.29, 1.82) is 0 Å². The molecule has 4 aromatic rings. The molecule has 0 saturated heterocycles. The predicted molar refractivity (Wildman–Crippen MR) is 103 cm³/mol. The summed E-state index contributed by atoms with van der Waals surface area (Å²) in [6, 6.07) is 11.8. The summed E-state index contributed by atoms with van der Waals surface area (Å²) < 4.78 is 0. The van der Waals surface area contributed by atoms with Crippen molar-refractivity contribution < 1.29 is 9.59 Å². The van der Waals surface area contributed by atoms with Gasteiger partial charge in [-0.1, -0.05) is 12.1 Å². The van der Waals surface area contributed by atoms with Crippen LogP contribution in [0, 0.1) is 0 Å². The summed E-state index contributed by atoms with van der Waals surface area (Å²) in [5.41, 5.74) is 1.11. The number of ketones is 2. The van der Waals surface area contributed by atoms with E-state index in [0.717, 1.165) is 29.3 Å². The van der Waals surface area contributed by atoms with Crippen LogP contribution in [0.25, 0.3) is 29.3 Å². The van der Waals surface area contributed by atoms with Gasteiger partial charge in [0.1, 0.15) is 0 Å². The minimum atomic E-state index is -0.382. The number of Topliss-reactive ketones (excluding diaryl/α,β-unsaturated/α-hetero) is 2. The van der Waals surface area contributed by atoms with Crippen LogP contribution >= 0.6 is 45.3 Å². The highest BCUT2D eigenvalue weighted by Crippen LogP contribution is 2.49. The van der Waals surface area contributed by atoms with Crippen LogP contribution in [0.15, 0.2) is 47.2 Å². The highest BCUT2D eigenvalue weighted by molar-refractivity contribution is 7.29. The smallest absolute Gasteiger partial charge is 0.235 e. The zero-order chi connectivity index (χ0) is 16.3. The molecule has 0 radical (unpaired) electrons. The van der Waals surface area contributed by atoms with Crippen molar-refractivity contribution in [3.63, 3.8) is 0 Å². The lowest BCUT2D eigenvalue weighted by molar-refractivity contribution is 0.0816. The lowest BCUT2D eigenvalue weighted by Crippen LogP contribution is -2.18. The zero-order valence-electron chi connectivity index (χ0n) is 12.1. The van der Waals surface area contributed by atoms with Crippen LogP contribution in [0.5, 0.6) is 0 Å². The van der Waals surface area contributed by atoms with Crippen LogP contribution in [0.2, 0.25) is 0 Å². The molecule has 0 aromatic carbocycles. The van der Waals surface area contributed by atoms with E-state index in [1.807, 2.05) is 47.2 Å². The van der Waals surface area contributed by atoms with Crippen LogP contribution in [-0.4, -0.2) is 11.6 Å². The molecule has 0 unspecified atom stereocenters. The summed E-state index contributed by atoms with van der Waals surface area (Å²) in [6.45, 7) is 0. The highest BCUT2D eigenvalue weighted by Gasteiger charge is 2.34. The van der Waals surface area contributed by atoms with Crippen molar-refractivity contribution in [3.05, 3.63) is 58.3 Å². The molecule has 2 nitrogen and oxygen atoms in total. The largest absolute Gasteiger partial charge is 0.285 e. The van der Waals surface area contributed by atoms with Crippen molar-refractivity contribution in [1.82, 2.24) is 0 Å². The Kier molecular flexibility index (Phi) is 3.21. The van der Waals surface area contributed by atoms with Gasteiger partial charge in [0.15, 0.2) is 0 Å². The van der Waals surface area contributed by atoms with E-state index in [4.69, 9.17) is 0 Å². The van der Waals surface area contributed by atoms with Gasteiger partial charge in [0.25, 0.3) is 0 Å². The number of hydrogen-bond donors (Lipinski definition) is 0. The van der Waals surface area contributed by atoms with Gasteiger partial charge >= 0.3 is 0 Å². The Morgan fingerprint density at radius 3 is 1.46 bits per heavy atom. The first-order valence-corrected chi connectivity index (χ1v) is 10.6. The Morgan fingerprint density at radius 1 is 0.625 bits per heavy atom. The van der Waals surface area contributed by atoms with Gasteiger partial charge in [0.2, 0.25) is 11.6 Å². The molecule has 4 heterocycles. The zero-order valence-corrected chi connectivity index (χ0v) is 15.3. The van der Waals surface area contributed by atoms with Crippen LogP contribution in [0.4, 0.5) is 0 Å². The fraction of sp³-hybridized carbons (Fsp3) is 0. The number of fused-ring (bicyclic) bond motifs is 3. The molecule has 24 heavy (non-hydrogen) atoms. The van der Waals surface area contributed by atoms with Crippen molar-refractivity contribution >= 4 is 56.9 Å². The first-order valence-electron chi connectivity index (χ1n) is 7.17. The van der Waals surface area contributed by atoms with Crippen molar-refractivity contribution in [2.45, 2.75) is 0 Å². The maximum atomic E-state index is 12.5. The predicted octanol–water partition coefficient (Wildman–Crippen LogP) is 6.31. The number of hydrogen-bond acceptors (Lipinski definition) is 6. The lowest BCUT2D eigenvalue weighted by Gasteiger charge is -2.08. The van der Waals surface area contributed by atoms with E-state index in [9.17, 15) is 9.59 Å². The molecule has 0 aliphatic heterocycles. The van der Waals surface area contributed by atoms with E-state index >= 15 is 0 Å². The molecule has 1 aliphatic rings. The third kappa shape index (κ3) is 2.04. The molecule has 0 N–H and O–H groups in total. The molecule has 5 rings (SSSR count). The maximum Gasteiger partial charge on any atom is 0.235 e. The lowest BCUT2D eigenvalue weighted by atomic mass is 9.95. The molecule has 0 fully saturated rings. The van der Waals surface area contributed by atoms with Gasteiger partial charge in [-0.25, -0.2) is 0 Å². The van der Waals surface area contributed by atoms with Crippen LogP contribution in [0.3, 0.4) is 0 Å². The molecule has 116 valence electrons. The monoisotopic (exact) mass is 384 g/mol. The van der Waals surface area contributed by atoms with Gasteiger partial charge in [-0.2, -0.15) is 0 Å². The molecular formula is C18H8O2S4. The summed E-state index contributed by atoms with van der Waals surface area (Å²) in [4.78, 5) is 31.3. The molecule has 0 amide bonds. The van der Waals surface area contributed by atoms with E-state index in [-0.39, 0.29) is 11.6 Å². The topological polar surface area (TPSA) is 34.1 Å². The summed E-state index contributed by atoms with van der Waals surface area (Å²) in [5, 5.41) is 4.04. The molecule has 0 atom stereocenters. The standard InChI is InChI=1S/C18H8O2S4/c19-15-9-7-13(11-3-1-5-21-11)23-17(9)18-10(16(15)20)8-14(24-18)12-4-2-6-22-12/h1-8H. The summed E-state index contributed by atoms with van der Waals surface area (Å²) in [6.07, 6.45) is 0. The Bertz CT molecular complexity index is 990. The third-order valence-electron chi connectivity index (χ3n) is 3.89. The van der Waals surface area contributed by atoms with Crippen molar-refractivity contribution in [2.24, 2.45) is 0 Å². The first kappa shape index (κ1) is 14.5. The first-order chi connectivity index (χ1) is 11.7. The average molecular weight is 385 g/mol. The fourth-order valence-corrected chi connectivity index (χ4v) is 6.90. The molecule has 1 aliphatic carbocycles. The number of rotatable bonds is 2. The second-order valence-corrected chi connectivity index (χ2v) is 9.32.